The van der Waals surface area contributed by atoms with Crippen LogP contribution in [0.25, 0.3) is 0 Å². The number of urea groups is 1. The lowest BCUT2D eigenvalue weighted by Gasteiger charge is -2.29. The van der Waals surface area contributed by atoms with Crippen LogP contribution < -0.4 is 10.6 Å². The number of carbonyl (C=O) groups is 2. The summed E-state index contributed by atoms with van der Waals surface area (Å²) in [4.78, 5) is 28.1. The monoisotopic (exact) mass is 389 g/mol. The van der Waals surface area contributed by atoms with E-state index in [4.69, 9.17) is 9.15 Å². The molecule has 0 saturated heterocycles. The first kappa shape index (κ1) is 19.2. The molecule has 3 heterocycles. The normalized spacial score (nSPS) is 17.0. The Hall–Kier alpha value is -2.58. The molecule has 0 bridgehead atoms. The Bertz CT molecular complexity index is 841. The molecule has 3 rings (SSSR count). The van der Waals surface area contributed by atoms with E-state index in [-0.39, 0.29) is 12.6 Å². The van der Waals surface area contributed by atoms with Crippen LogP contribution in [0.1, 0.15) is 29.2 Å². The fraction of sp³-hybridized carbons (Fsp3) is 0.368. The number of amides is 2. The molecule has 2 aromatic rings. The molecule has 7 nitrogen and oxygen atoms in total. The maximum atomic E-state index is 12.6. The van der Waals surface area contributed by atoms with E-state index in [9.17, 15) is 9.59 Å². The molecule has 144 valence electrons. The van der Waals surface area contributed by atoms with Crippen LogP contribution in [0.3, 0.4) is 0 Å². The van der Waals surface area contributed by atoms with Crippen molar-refractivity contribution >= 4 is 23.3 Å². The van der Waals surface area contributed by atoms with Gasteiger partial charge in [-0.1, -0.05) is 0 Å². The lowest BCUT2D eigenvalue weighted by atomic mass is 10.00. The summed E-state index contributed by atoms with van der Waals surface area (Å²) in [6.07, 6.45) is 1.51. The summed E-state index contributed by atoms with van der Waals surface area (Å²) in [6, 6.07) is 4.47. The second-order valence-electron chi connectivity index (χ2n) is 6.36. The van der Waals surface area contributed by atoms with Crippen LogP contribution in [-0.2, 0) is 16.1 Å². The van der Waals surface area contributed by atoms with Crippen molar-refractivity contribution in [1.82, 2.24) is 15.5 Å². The third kappa shape index (κ3) is 4.40. The first-order valence-corrected chi connectivity index (χ1v) is 9.60. The zero-order valence-corrected chi connectivity index (χ0v) is 16.4. The molecular formula is C19H23N3O4S. The third-order valence-corrected chi connectivity index (χ3v) is 5.29. The predicted molar refractivity (Wildman–Crippen MR) is 102 cm³/mol. The number of hydrogen-bond acceptors (Lipinski definition) is 6. The molecule has 0 aromatic carbocycles. The molecule has 2 N–H and O–H groups in total. The smallest absolute Gasteiger partial charge is 0.338 e. The number of ether oxygens (including phenoxy) is 1. The van der Waals surface area contributed by atoms with E-state index in [2.05, 4.69) is 33.9 Å². The topological polar surface area (TPSA) is 83.8 Å². The zero-order chi connectivity index (χ0) is 19.4. The van der Waals surface area contributed by atoms with Crippen molar-refractivity contribution in [3.05, 3.63) is 57.3 Å². The van der Waals surface area contributed by atoms with E-state index in [1.165, 1.54) is 16.7 Å². The molecule has 27 heavy (non-hydrogen) atoms. The van der Waals surface area contributed by atoms with E-state index in [1.807, 2.05) is 7.05 Å². The average molecular weight is 389 g/mol. The minimum absolute atomic E-state index is 0.249. The van der Waals surface area contributed by atoms with Gasteiger partial charge in [-0.05, 0) is 50.0 Å². The third-order valence-electron chi connectivity index (χ3n) is 4.29. The molecule has 1 aliphatic heterocycles. The Morgan fingerprint density at radius 3 is 2.81 bits per heavy atom. The number of likely N-dealkylation sites (N-methyl/N-ethyl adjacent to an activating group) is 1. The Kier molecular flexibility index (Phi) is 5.98. The van der Waals surface area contributed by atoms with Gasteiger partial charge in [0.25, 0.3) is 0 Å². The zero-order valence-electron chi connectivity index (χ0n) is 15.6. The number of carbonyl (C=O) groups excluding carboxylic acids is 2. The number of nitrogens with zero attached hydrogens (tertiary/aromatic N) is 1. The van der Waals surface area contributed by atoms with Crippen LogP contribution >= 0.6 is 11.3 Å². The van der Waals surface area contributed by atoms with Crippen molar-refractivity contribution in [2.75, 3.05) is 20.2 Å². The highest BCUT2D eigenvalue weighted by atomic mass is 32.1. The molecule has 2 amide bonds. The number of hydrogen-bond donors (Lipinski definition) is 2. The average Bonchev–Trinajstić information content (AvgIpc) is 3.27. The number of aryl methyl sites for hydroxylation is 1. The van der Waals surface area contributed by atoms with Gasteiger partial charge in [-0.3, -0.25) is 4.90 Å². The van der Waals surface area contributed by atoms with Gasteiger partial charge in [-0.25, -0.2) is 9.59 Å². The lowest BCUT2D eigenvalue weighted by molar-refractivity contribution is -0.139. The molecule has 1 aliphatic rings. The van der Waals surface area contributed by atoms with Gasteiger partial charge in [0.1, 0.15) is 11.8 Å². The van der Waals surface area contributed by atoms with Crippen molar-refractivity contribution < 1.29 is 18.7 Å². The molecule has 0 fully saturated rings. The van der Waals surface area contributed by atoms with Crippen molar-refractivity contribution in [3.8, 4) is 0 Å². The Morgan fingerprint density at radius 2 is 2.19 bits per heavy atom. The van der Waals surface area contributed by atoms with Gasteiger partial charge in [0, 0.05) is 23.7 Å². The van der Waals surface area contributed by atoms with Crippen LogP contribution in [0.5, 0.6) is 0 Å². The van der Waals surface area contributed by atoms with Gasteiger partial charge in [0.15, 0.2) is 0 Å². The van der Waals surface area contributed by atoms with Crippen LogP contribution in [0.15, 0.2) is 45.5 Å². The summed E-state index contributed by atoms with van der Waals surface area (Å²) in [6.45, 7) is 5.19. The summed E-state index contributed by atoms with van der Waals surface area (Å²) >= 11 is 1.69. The summed E-state index contributed by atoms with van der Waals surface area (Å²) in [5.74, 6) is 0.0178. The lowest BCUT2D eigenvalue weighted by Crippen LogP contribution is -2.48. The number of esters is 1. The molecule has 0 spiro atoms. The molecule has 8 heteroatoms. The molecule has 0 unspecified atom stereocenters. The van der Waals surface area contributed by atoms with Gasteiger partial charge in [-0.15, -0.1) is 11.3 Å². The fourth-order valence-corrected chi connectivity index (χ4v) is 3.98. The highest BCUT2D eigenvalue weighted by molar-refractivity contribution is 7.10. The Morgan fingerprint density at radius 1 is 1.37 bits per heavy atom. The maximum Gasteiger partial charge on any atom is 0.338 e. The molecule has 0 saturated carbocycles. The van der Waals surface area contributed by atoms with Gasteiger partial charge in [0.2, 0.25) is 0 Å². The van der Waals surface area contributed by atoms with Crippen molar-refractivity contribution in [3.63, 3.8) is 0 Å². The Balaban J connectivity index is 1.90. The van der Waals surface area contributed by atoms with Gasteiger partial charge in [0.05, 0.1) is 18.4 Å². The first-order valence-electron chi connectivity index (χ1n) is 8.72. The molecular weight excluding hydrogens is 366 g/mol. The SMILES string of the molecule is CCOC(=O)C1=C(CN(C)Cc2sccc2C)NC(=O)N[C@H]1c1ccco1. The van der Waals surface area contributed by atoms with E-state index in [0.29, 0.717) is 23.6 Å². The standard InChI is InChI=1S/C19H23N3O4S/c1-4-25-18(23)16-13(10-22(3)11-15-12(2)7-9-27-15)20-19(24)21-17(16)14-6-5-8-26-14/h5-9,17H,4,10-11H2,1-3H3,(H2,20,21,24)/t17-/m0/s1. The number of thiophene rings is 1. The fourth-order valence-electron chi connectivity index (χ4n) is 3.00. The molecule has 2 aromatic heterocycles. The van der Waals surface area contributed by atoms with Gasteiger partial charge >= 0.3 is 12.0 Å². The minimum atomic E-state index is -0.681. The predicted octanol–water partition coefficient (Wildman–Crippen LogP) is 2.95. The number of nitrogens with one attached hydrogen (secondary N) is 2. The van der Waals surface area contributed by atoms with E-state index in [0.717, 1.165) is 6.54 Å². The maximum absolute atomic E-state index is 12.6. The molecule has 0 radical (unpaired) electrons. The van der Waals surface area contributed by atoms with E-state index < -0.39 is 12.0 Å². The van der Waals surface area contributed by atoms with Crippen LogP contribution in [0.4, 0.5) is 4.79 Å². The Labute approximate surface area is 162 Å². The number of rotatable bonds is 7. The summed E-state index contributed by atoms with van der Waals surface area (Å²) in [5, 5.41) is 7.58. The van der Waals surface area contributed by atoms with Crippen LogP contribution in [0, 0.1) is 6.92 Å². The van der Waals surface area contributed by atoms with Crippen molar-refractivity contribution in [2.24, 2.45) is 0 Å². The molecule has 0 aliphatic carbocycles. The van der Waals surface area contributed by atoms with Crippen molar-refractivity contribution in [1.29, 1.82) is 0 Å². The van der Waals surface area contributed by atoms with Crippen molar-refractivity contribution in [2.45, 2.75) is 26.4 Å². The highest BCUT2D eigenvalue weighted by Gasteiger charge is 2.35. The summed E-state index contributed by atoms with van der Waals surface area (Å²) in [5.41, 5.74) is 2.12. The molecule has 1 atom stereocenters. The quantitative estimate of drug-likeness (QED) is 0.712. The minimum Gasteiger partial charge on any atom is -0.467 e. The van der Waals surface area contributed by atoms with Gasteiger partial charge < -0.3 is 19.8 Å². The second-order valence-corrected chi connectivity index (χ2v) is 7.36. The van der Waals surface area contributed by atoms with Crippen LogP contribution in [0.2, 0.25) is 0 Å². The summed E-state index contributed by atoms with van der Waals surface area (Å²) < 4.78 is 10.7. The van der Waals surface area contributed by atoms with Gasteiger partial charge in [-0.2, -0.15) is 0 Å². The van der Waals surface area contributed by atoms with Crippen LogP contribution in [-0.4, -0.2) is 37.1 Å². The summed E-state index contributed by atoms with van der Waals surface area (Å²) in [7, 11) is 1.95. The highest BCUT2D eigenvalue weighted by Crippen LogP contribution is 2.28. The largest absolute Gasteiger partial charge is 0.467 e. The van der Waals surface area contributed by atoms with E-state index >= 15 is 0 Å². The first-order chi connectivity index (χ1) is 13.0. The number of furan rings is 1. The second kappa shape index (κ2) is 8.41. The van der Waals surface area contributed by atoms with E-state index in [1.54, 1.807) is 30.4 Å².